The number of nitrogens with one attached hydrogen (secondary N) is 1. The molecule has 1 aromatic heterocycles. The number of rotatable bonds is 4. The Morgan fingerprint density at radius 2 is 2.35 bits per heavy atom. The molecule has 5 heteroatoms. The van der Waals surface area contributed by atoms with Crippen LogP contribution in [0.3, 0.4) is 0 Å². The number of aliphatic hydroxyl groups is 1. The van der Waals surface area contributed by atoms with Crippen molar-refractivity contribution in [3.05, 3.63) is 18.0 Å². The fraction of sp³-hybridized carbons (Fsp3) is 0.667. The first-order valence-electron chi connectivity index (χ1n) is 6.09. The Kier molecular flexibility index (Phi) is 3.78. The molecule has 1 heterocycles. The molecule has 2 N–H and O–H groups in total. The van der Waals surface area contributed by atoms with E-state index in [1.807, 2.05) is 0 Å². The normalized spacial score (nSPS) is 23.9. The van der Waals surface area contributed by atoms with Gasteiger partial charge in [-0.3, -0.25) is 9.48 Å². The monoisotopic (exact) mass is 237 g/mol. The Balaban J connectivity index is 1.86. The summed E-state index contributed by atoms with van der Waals surface area (Å²) in [6.07, 6.45) is 4.93. The molecule has 0 bridgehead atoms. The number of aliphatic hydroxyl groups excluding tert-OH is 1. The van der Waals surface area contributed by atoms with Crippen molar-refractivity contribution in [1.29, 1.82) is 0 Å². The van der Waals surface area contributed by atoms with Gasteiger partial charge in [-0.15, -0.1) is 0 Å². The molecule has 1 amide bonds. The van der Waals surface area contributed by atoms with Gasteiger partial charge < -0.3 is 10.4 Å². The van der Waals surface area contributed by atoms with Crippen molar-refractivity contribution in [3.63, 3.8) is 0 Å². The maximum atomic E-state index is 11.8. The molecular formula is C12H19N3O2. The lowest BCUT2D eigenvalue weighted by Crippen LogP contribution is -2.32. The van der Waals surface area contributed by atoms with Gasteiger partial charge >= 0.3 is 0 Å². The van der Waals surface area contributed by atoms with Crippen molar-refractivity contribution in [2.75, 3.05) is 13.2 Å². The highest BCUT2D eigenvalue weighted by atomic mass is 16.3. The van der Waals surface area contributed by atoms with Crippen LogP contribution in [0.15, 0.2) is 12.3 Å². The van der Waals surface area contributed by atoms with E-state index >= 15 is 0 Å². The van der Waals surface area contributed by atoms with E-state index in [4.69, 9.17) is 0 Å². The van der Waals surface area contributed by atoms with Crippen LogP contribution in [0.5, 0.6) is 0 Å². The third kappa shape index (κ3) is 2.66. The molecule has 1 saturated carbocycles. The van der Waals surface area contributed by atoms with Crippen LogP contribution in [-0.4, -0.2) is 33.9 Å². The van der Waals surface area contributed by atoms with Crippen molar-refractivity contribution in [2.45, 2.75) is 19.3 Å². The topological polar surface area (TPSA) is 67.2 Å². The van der Waals surface area contributed by atoms with Crippen LogP contribution in [0.25, 0.3) is 0 Å². The predicted octanol–water partition coefficient (Wildman–Crippen LogP) is 0.558. The molecule has 2 atom stereocenters. The summed E-state index contributed by atoms with van der Waals surface area (Å²) in [6, 6.07) is 1.70. The number of nitrogens with zero attached hydrogens (tertiary/aromatic N) is 2. The minimum atomic E-state index is -0.0893. The third-order valence-corrected chi connectivity index (χ3v) is 3.63. The zero-order valence-corrected chi connectivity index (χ0v) is 10.1. The maximum absolute atomic E-state index is 11.8. The van der Waals surface area contributed by atoms with E-state index in [1.54, 1.807) is 24.0 Å². The lowest BCUT2D eigenvalue weighted by atomic mass is 9.97. The van der Waals surface area contributed by atoms with Crippen LogP contribution in [0, 0.1) is 11.8 Å². The van der Waals surface area contributed by atoms with Gasteiger partial charge in [0.2, 0.25) is 0 Å². The Hall–Kier alpha value is -1.36. The zero-order chi connectivity index (χ0) is 12.3. The van der Waals surface area contributed by atoms with E-state index in [1.165, 1.54) is 0 Å². The van der Waals surface area contributed by atoms with Gasteiger partial charge in [-0.05, 0) is 30.7 Å². The molecule has 0 radical (unpaired) electrons. The molecule has 17 heavy (non-hydrogen) atoms. The first kappa shape index (κ1) is 12.1. The van der Waals surface area contributed by atoms with Crippen molar-refractivity contribution in [1.82, 2.24) is 15.1 Å². The molecule has 2 rings (SSSR count). The van der Waals surface area contributed by atoms with Crippen LogP contribution in [-0.2, 0) is 7.05 Å². The minimum absolute atomic E-state index is 0.0893. The van der Waals surface area contributed by atoms with Gasteiger partial charge in [0.05, 0.1) is 0 Å². The van der Waals surface area contributed by atoms with Crippen LogP contribution >= 0.6 is 0 Å². The van der Waals surface area contributed by atoms with Crippen LogP contribution in [0.2, 0.25) is 0 Å². The van der Waals surface area contributed by atoms with E-state index < -0.39 is 0 Å². The van der Waals surface area contributed by atoms with Crippen LogP contribution < -0.4 is 5.32 Å². The highest BCUT2D eigenvalue weighted by Crippen LogP contribution is 2.30. The second-order valence-corrected chi connectivity index (χ2v) is 4.68. The van der Waals surface area contributed by atoms with Gasteiger partial charge in [0.25, 0.3) is 5.91 Å². The van der Waals surface area contributed by atoms with E-state index in [9.17, 15) is 9.90 Å². The summed E-state index contributed by atoms with van der Waals surface area (Å²) >= 11 is 0. The second kappa shape index (κ2) is 5.31. The molecule has 1 aliphatic rings. The number of amides is 1. The number of hydrogen-bond acceptors (Lipinski definition) is 3. The maximum Gasteiger partial charge on any atom is 0.269 e. The van der Waals surface area contributed by atoms with Gasteiger partial charge in [-0.1, -0.05) is 6.42 Å². The largest absolute Gasteiger partial charge is 0.396 e. The van der Waals surface area contributed by atoms with Crippen molar-refractivity contribution < 1.29 is 9.90 Å². The second-order valence-electron chi connectivity index (χ2n) is 4.68. The van der Waals surface area contributed by atoms with Gasteiger partial charge in [-0.25, -0.2) is 0 Å². The number of carbonyl (C=O) groups excluding carboxylic acids is 1. The van der Waals surface area contributed by atoms with Crippen molar-refractivity contribution >= 4 is 5.91 Å². The zero-order valence-electron chi connectivity index (χ0n) is 10.1. The molecule has 1 aromatic rings. The summed E-state index contributed by atoms with van der Waals surface area (Å²) in [4.78, 5) is 11.8. The summed E-state index contributed by atoms with van der Waals surface area (Å²) in [5.74, 6) is 0.674. The van der Waals surface area contributed by atoms with Gasteiger partial charge in [0.1, 0.15) is 5.69 Å². The quantitative estimate of drug-likeness (QED) is 0.804. The smallest absolute Gasteiger partial charge is 0.269 e. The highest BCUT2D eigenvalue weighted by molar-refractivity contribution is 5.92. The van der Waals surface area contributed by atoms with E-state index in [0.717, 1.165) is 19.3 Å². The summed E-state index contributed by atoms with van der Waals surface area (Å²) in [6.45, 7) is 0.876. The fourth-order valence-corrected chi connectivity index (χ4v) is 2.53. The predicted molar refractivity (Wildman–Crippen MR) is 63.5 cm³/mol. The van der Waals surface area contributed by atoms with Crippen molar-refractivity contribution in [3.8, 4) is 0 Å². The number of aryl methyl sites for hydroxylation is 1. The number of carbonyl (C=O) groups is 1. The molecule has 0 aromatic carbocycles. The van der Waals surface area contributed by atoms with E-state index in [2.05, 4.69) is 10.4 Å². The van der Waals surface area contributed by atoms with Gasteiger partial charge in [-0.2, -0.15) is 5.10 Å². The highest BCUT2D eigenvalue weighted by Gasteiger charge is 2.26. The standard InChI is InChI=1S/C12H19N3O2/c1-15-11(5-6-14-15)12(17)13-7-9-3-2-4-10(9)8-16/h5-6,9-10,16H,2-4,7-8H2,1H3,(H,13,17). The summed E-state index contributed by atoms with van der Waals surface area (Å²) in [7, 11) is 1.75. The van der Waals surface area contributed by atoms with Gasteiger partial charge in [0, 0.05) is 26.4 Å². The molecular weight excluding hydrogens is 218 g/mol. The molecule has 0 aliphatic heterocycles. The Morgan fingerprint density at radius 3 is 3.00 bits per heavy atom. The molecule has 2 unspecified atom stereocenters. The van der Waals surface area contributed by atoms with E-state index in [0.29, 0.717) is 24.1 Å². The fourth-order valence-electron chi connectivity index (χ4n) is 2.53. The number of hydrogen-bond donors (Lipinski definition) is 2. The lowest BCUT2D eigenvalue weighted by molar-refractivity contribution is 0.0928. The molecule has 1 fully saturated rings. The molecule has 5 nitrogen and oxygen atoms in total. The molecule has 1 aliphatic carbocycles. The summed E-state index contributed by atoms with van der Waals surface area (Å²) in [5.41, 5.74) is 0.573. The number of aromatic nitrogens is 2. The average molecular weight is 237 g/mol. The third-order valence-electron chi connectivity index (χ3n) is 3.63. The van der Waals surface area contributed by atoms with E-state index in [-0.39, 0.29) is 12.5 Å². The Morgan fingerprint density at radius 1 is 1.59 bits per heavy atom. The van der Waals surface area contributed by atoms with Crippen LogP contribution in [0.1, 0.15) is 29.8 Å². The summed E-state index contributed by atoms with van der Waals surface area (Å²) in [5, 5.41) is 16.1. The first-order chi connectivity index (χ1) is 8.22. The lowest BCUT2D eigenvalue weighted by Gasteiger charge is -2.17. The first-order valence-corrected chi connectivity index (χ1v) is 6.09. The molecule has 94 valence electrons. The van der Waals surface area contributed by atoms with Crippen molar-refractivity contribution in [2.24, 2.45) is 18.9 Å². The minimum Gasteiger partial charge on any atom is -0.396 e. The van der Waals surface area contributed by atoms with Crippen LogP contribution in [0.4, 0.5) is 0 Å². The van der Waals surface area contributed by atoms with Gasteiger partial charge in [0.15, 0.2) is 0 Å². The molecule has 0 saturated heterocycles. The Labute approximate surface area is 101 Å². The Bertz CT molecular complexity index is 389. The molecule has 0 spiro atoms. The average Bonchev–Trinajstić information content (AvgIpc) is 2.94. The SMILES string of the molecule is Cn1nccc1C(=O)NCC1CCCC1CO. The summed E-state index contributed by atoms with van der Waals surface area (Å²) < 4.78 is 1.56.